The van der Waals surface area contributed by atoms with Crippen molar-refractivity contribution in [2.24, 2.45) is 0 Å². The Labute approximate surface area is 107 Å². The van der Waals surface area contributed by atoms with Crippen LogP contribution in [0.5, 0.6) is 0 Å². The van der Waals surface area contributed by atoms with Crippen LogP contribution in [0.3, 0.4) is 0 Å². The predicted octanol–water partition coefficient (Wildman–Crippen LogP) is 1.68. The van der Waals surface area contributed by atoms with Crippen LogP contribution >= 0.6 is 34.2 Å². The third kappa shape index (κ3) is 4.13. The fraction of sp³-hybridized carbons (Fsp3) is 0.250. The van der Waals surface area contributed by atoms with Gasteiger partial charge in [-0.05, 0) is 40.8 Å². The molecule has 0 atom stereocenters. The highest BCUT2D eigenvalue weighted by Crippen LogP contribution is 2.23. The first-order valence-corrected chi connectivity index (χ1v) is 7.12. The minimum atomic E-state index is -3.47. The Hall–Kier alpha value is -0.0500. The lowest BCUT2D eigenvalue weighted by molar-refractivity contribution is 0.320. The van der Waals surface area contributed by atoms with Gasteiger partial charge in [-0.15, -0.1) is 0 Å². The summed E-state index contributed by atoms with van der Waals surface area (Å²) in [5, 5.41) is 9.10. The Morgan fingerprint density at radius 1 is 1.47 bits per heavy atom. The van der Waals surface area contributed by atoms with Crippen LogP contribution < -0.4 is 4.72 Å². The standard InChI is InChI=1S/C8H9ClINO3S/c9-6-1-2-8(7(10)5-6)11-15(13,14)4-3-12/h1-2,5,11-12H,3-4H2. The molecule has 4 nitrogen and oxygen atoms in total. The first-order chi connectivity index (χ1) is 6.94. The Balaban J connectivity index is 2.90. The number of benzene rings is 1. The van der Waals surface area contributed by atoms with E-state index in [0.717, 1.165) is 0 Å². The van der Waals surface area contributed by atoms with Crippen molar-refractivity contribution < 1.29 is 13.5 Å². The second-order valence-electron chi connectivity index (χ2n) is 2.77. The molecule has 7 heteroatoms. The Morgan fingerprint density at radius 3 is 2.67 bits per heavy atom. The van der Waals surface area contributed by atoms with Gasteiger partial charge in [0.25, 0.3) is 0 Å². The molecule has 0 saturated heterocycles. The number of halogens is 2. The summed E-state index contributed by atoms with van der Waals surface area (Å²) >= 11 is 7.71. The van der Waals surface area contributed by atoms with Gasteiger partial charge in [-0.2, -0.15) is 0 Å². The largest absolute Gasteiger partial charge is 0.395 e. The minimum absolute atomic E-state index is 0.314. The van der Waals surface area contributed by atoms with Gasteiger partial charge in [0.05, 0.1) is 18.0 Å². The number of aliphatic hydroxyl groups is 1. The maximum atomic E-state index is 11.3. The lowest BCUT2D eigenvalue weighted by Gasteiger charge is -2.08. The van der Waals surface area contributed by atoms with Crippen LogP contribution in [0.15, 0.2) is 18.2 Å². The average Bonchev–Trinajstić information content (AvgIpc) is 2.09. The first-order valence-electron chi connectivity index (χ1n) is 4.01. The summed E-state index contributed by atoms with van der Waals surface area (Å²) < 4.78 is 25.7. The molecule has 2 N–H and O–H groups in total. The first kappa shape index (κ1) is 13.0. The molecule has 1 aromatic rings. The van der Waals surface area contributed by atoms with Gasteiger partial charge < -0.3 is 5.11 Å². The summed E-state index contributed by atoms with van der Waals surface area (Å²) in [7, 11) is -3.47. The van der Waals surface area contributed by atoms with Gasteiger partial charge in [0, 0.05) is 8.59 Å². The van der Waals surface area contributed by atoms with Crippen LogP contribution in [-0.4, -0.2) is 25.9 Å². The van der Waals surface area contributed by atoms with Gasteiger partial charge in [0.2, 0.25) is 10.0 Å². The number of hydrogen-bond acceptors (Lipinski definition) is 3. The Morgan fingerprint density at radius 2 is 2.13 bits per heavy atom. The molecule has 84 valence electrons. The third-order valence-corrected chi connectivity index (χ3v) is 3.94. The van der Waals surface area contributed by atoms with Gasteiger partial charge in [0.1, 0.15) is 0 Å². The SMILES string of the molecule is O=S(=O)(CCO)Nc1ccc(Cl)cc1I. The van der Waals surface area contributed by atoms with E-state index >= 15 is 0 Å². The molecular formula is C8H9ClINO3S. The molecule has 0 aliphatic carbocycles. The smallest absolute Gasteiger partial charge is 0.235 e. The molecule has 0 saturated carbocycles. The van der Waals surface area contributed by atoms with Crippen molar-refractivity contribution in [2.45, 2.75) is 0 Å². The van der Waals surface area contributed by atoms with Gasteiger partial charge in [-0.3, -0.25) is 4.72 Å². The summed E-state index contributed by atoms with van der Waals surface area (Å²) in [6, 6.07) is 4.83. The van der Waals surface area contributed by atoms with Crippen LogP contribution in [0, 0.1) is 3.57 Å². The van der Waals surface area contributed by atoms with E-state index in [-0.39, 0.29) is 5.75 Å². The van der Waals surface area contributed by atoms with Gasteiger partial charge >= 0.3 is 0 Å². The van der Waals surface area contributed by atoms with E-state index in [1.165, 1.54) is 0 Å². The van der Waals surface area contributed by atoms with Crippen molar-refractivity contribution in [1.82, 2.24) is 0 Å². The number of aliphatic hydroxyl groups excluding tert-OH is 1. The lowest BCUT2D eigenvalue weighted by atomic mass is 10.3. The topological polar surface area (TPSA) is 66.4 Å². The molecule has 0 aliphatic rings. The molecule has 0 fully saturated rings. The number of rotatable bonds is 4. The summed E-state index contributed by atoms with van der Waals surface area (Å²) in [5.74, 6) is -0.314. The van der Waals surface area contributed by atoms with E-state index in [1.54, 1.807) is 18.2 Å². The van der Waals surface area contributed by atoms with E-state index in [9.17, 15) is 8.42 Å². The quantitative estimate of drug-likeness (QED) is 0.802. The highest BCUT2D eigenvalue weighted by molar-refractivity contribution is 14.1. The van der Waals surface area contributed by atoms with Crippen molar-refractivity contribution in [1.29, 1.82) is 0 Å². The molecule has 0 amide bonds. The van der Waals surface area contributed by atoms with E-state index < -0.39 is 16.6 Å². The number of hydrogen-bond donors (Lipinski definition) is 2. The third-order valence-electron chi connectivity index (χ3n) is 1.56. The summed E-state index contributed by atoms with van der Waals surface area (Å²) in [4.78, 5) is 0. The van der Waals surface area contributed by atoms with Crippen molar-refractivity contribution in [3.8, 4) is 0 Å². The minimum Gasteiger partial charge on any atom is -0.395 e. The number of sulfonamides is 1. The maximum absolute atomic E-state index is 11.3. The monoisotopic (exact) mass is 361 g/mol. The van der Waals surface area contributed by atoms with Crippen LogP contribution in [0.25, 0.3) is 0 Å². The molecule has 1 aromatic carbocycles. The van der Waals surface area contributed by atoms with Crippen molar-refractivity contribution in [3.05, 3.63) is 26.8 Å². The normalized spacial score (nSPS) is 11.4. The Kier molecular flexibility index (Phi) is 4.63. The number of anilines is 1. The fourth-order valence-corrected chi connectivity index (χ4v) is 2.96. The van der Waals surface area contributed by atoms with E-state index in [2.05, 4.69) is 4.72 Å². The van der Waals surface area contributed by atoms with Gasteiger partial charge in [-0.25, -0.2) is 8.42 Å². The molecule has 0 spiro atoms. The molecule has 0 aliphatic heterocycles. The Bertz CT molecular complexity index is 449. The number of nitrogens with one attached hydrogen (secondary N) is 1. The zero-order chi connectivity index (χ0) is 11.5. The summed E-state index contributed by atoms with van der Waals surface area (Å²) in [5.41, 5.74) is 0.466. The van der Waals surface area contributed by atoms with Gasteiger partial charge in [0.15, 0.2) is 0 Å². The van der Waals surface area contributed by atoms with Crippen LogP contribution in [0.1, 0.15) is 0 Å². The maximum Gasteiger partial charge on any atom is 0.235 e. The van der Waals surface area contributed by atoms with Crippen LogP contribution in [0.4, 0.5) is 5.69 Å². The molecule has 0 aromatic heterocycles. The zero-order valence-electron chi connectivity index (χ0n) is 7.57. The van der Waals surface area contributed by atoms with Crippen molar-refractivity contribution in [2.75, 3.05) is 17.1 Å². The average molecular weight is 362 g/mol. The van der Waals surface area contributed by atoms with E-state index in [4.69, 9.17) is 16.7 Å². The molecule has 15 heavy (non-hydrogen) atoms. The highest BCUT2D eigenvalue weighted by atomic mass is 127. The van der Waals surface area contributed by atoms with Crippen LogP contribution in [-0.2, 0) is 10.0 Å². The summed E-state index contributed by atoms with van der Waals surface area (Å²) in [6.07, 6.45) is 0. The second-order valence-corrected chi connectivity index (χ2v) is 6.21. The van der Waals surface area contributed by atoms with Crippen molar-refractivity contribution in [3.63, 3.8) is 0 Å². The van der Waals surface area contributed by atoms with Crippen LogP contribution in [0.2, 0.25) is 5.02 Å². The molecule has 0 unspecified atom stereocenters. The molecule has 0 heterocycles. The molecule has 0 bridgehead atoms. The second kappa shape index (κ2) is 5.33. The van der Waals surface area contributed by atoms with Gasteiger partial charge in [-0.1, -0.05) is 11.6 Å². The fourth-order valence-electron chi connectivity index (χ4n) is 0.911. The van der Waals surface area contributed by atoms with E-state index in [0.29, 0.717) is 14.3 Å². The van der Waals surface area contributed by atoms with Crippen molar-refractivity contribution >= 4 is 49.9 Å². The molecular weight excluding hydrogens is 353 g/mol. The molecule has 1 rings (SSSR count). The highest BCUT2D eigenvalue weighted by Gasteiger charge is 2.11. The summed E-state index contributed by atoms with van der Waals surface area (Å²) in [6.45, 7) is -0.403. The van der Waals surface area contributed by atoms with E-state index in [1.807, 2.05) is 22.6 Å². The lowest BCUT2D eigenvalue weighted by Crippen LogP contribution is -2.19. The predicted molar refractivity (Wildman–Crippen MR) is 68.7 cm³/mol. The molecule has 0 radical (unpaired) electrons. The zero-order valence-corrected chi connectivity index (χ0v) is 11.3.